The van der Waals surface area contributed by atoms with Crippen molar-refractivity contribution < 1.29 is 13.2 Å². The number of rotatable bonds is 4. The molecule has 1 saturated carbocycles. The van der Waals surface area contributed by atoms with Crippen molar-refractivity contribution in [1.82, 2.24) is 0 Å². The Labute approximate surface area is 85.8 Å². The summed E-state index contributed by atoms with van der Waals surface area (Å²) >= 11 is 0. The molecule has 0 aliphatic heterocycles. The molecule has 1 rings (SSSR count). The summed E-state index contributed by atoms with van der Waals surface area (Å²) in [5.41, 5.74) is 0. The van der Waals surface area contributed by atoms with E-state index in [1.165, 1.54) is 12.7 Å². The summed E-state index contributed by atoms with van der Waals surface area (Å²) in [4.78, 5) is 11.6. The number of carbonyl (C=O) groups is 1. The molecule has 0 unspecified atom stereocenters. The Morgan fingerprint density at radius 2 is 1.79 bits per heavy atom. The van der Waals surface area contributed by atoms with Gasteiger partial charge >= 0.3 is 0 Å². The lowest BCUT2D eigenvalue weighted by molar-refractivity contribution is -0.123. The van der Waals surface area contributed by atoms with Crippen molar-refractivity contribution in [3.63, 3.8) is 0 Å². The van der Waals surface area contributed by atoms with Crippen LogP contribution in [-0.2, 0) is 14.6 Å². The molecule has 0 aromatic carbocycles. The van der Waals surface area contributed by atoms with E-state index in [1.54, 1.807) is 0 Å². The Hall–Kier alpha value is -0.380. The van der Waals surface area contributed by atoms with Gasteiger partial charge in [0, 0.05) is 18.6 Å². The summed E-state index contributed by atoms with van der Waals surface area (Å²) in [6, 6.07) is 0. The first-order chi connectivity index (χ1) is 6.49. The lowest BCUT2D eigenvalue weighted by atomic mass is 9.85. The number of ketones is 1. The second kappa shape index (κ2) is 4.91. The Morgan fingerprint density at radius 1 is 1.21 bits per heavy atom. The summed E-state index contributed by atoms with van der Waals surface area (Å²) in [7, 11) is -2.98. The average Bonchev–Trinajstić information content (AvgIpc) is 2.14. The van der Waals surface area contributed by atoms with Crippen molar-refractivity contribution in [2.24, 2.45) is 5.92 Å². The molecule has 0 amide bonds. The van der Waals surface area contributed by atoms with Crippen LogP contribution >= 0.6 is 0 Å². The molecule has 0 N–H and O–H groups in total. The lowest BCUT2D eigenvalue weighted by Crippen LogP contribution is -2.20. The van der Waals surface area contributed by atoms with Gasteiger partial charge in [0.05, 0.1) is 5.75 Å². The molecule has 82 valence electrons. The van der Waals surface area contributed by atoms with Gasteiger partial charge in [0.25, 0.3) is 0 Å². The highest BCUT2D eigenvalue weighted by Gasteiger charge is 2.21. The monoisotopic (exact) mass is 218 g/mol. The fourth-order valence-electron chi connectivity index (χ4n) is 1.91. The van der Waals surface area contributed by atoms with Crippen molar-refractivity contribution in [3.05, 3.63) is 0 Å². The predicted octanol–water partition coefficient (Wildman–Crippen LogP) is 1.57. The van der Waals surface area contributed by atoms with Crippen molar-refractivity contribution in [1.29, 1.82) is 0 Å². The molecule has 0 aromatic rings. The average molecular weight is 218 g/mol. The highest BCUT2D eigenvalue weighted by Crippen LogP contribution is 2.25. The predicted molar refractivity (Wildman–Crippen MR) is 55.9 cm³/mol. The summed E-state index contributed by atoms with van der Waals surface area (Å²) in [5, 5.41) is 0. The van der Waals surface area contributed by atoms with Gasteiger partial charge in [-0.2, -0.15) is 0 Å². The van der Waals surface area contributed by atoms with Crippen LogP contribution in [0, 0.1) is 5.92 Å². The maximum Gasteiger partial charge on any atom is 0.147 e. The topological polar surface area (TPSA) is 51.2 Å². The van der Waals surface area contributed by atoms with Gasteiger partial charge in [-0.3, -0.25) is 4.79 Å². The Morgan fingerprint density at radius 3 is 2.29 bits per heavy atom. The van der Waals surface area contributed by atoms with Gasteiger partial charge in [-0.25, -0.2) is 8.42 Å². The normalized spacial score (nSPS) is 19.5. The van der Waals surface area contributed by atoms with E-state index in [0.717, 1.165) is 25.7 Å². The first kappa shape index (κ1) is 11.7. The summed E-state index contributed by atoms with van der Waals surface area (Å²) in [6.07, 6.45) is 6.77. The molecular weight excluding hydrogens is 200 g/mol. The van der Waals surface area contributed by atoms with Crippen molar-refractivity contribution in [3.8, 4) is 0 Å². The van der Waals surface area contributed by atoms with Crippen LogP contribution in [-0.4, -0.2) is 26.2 Å². The molecule has 3 nitrogen and oxygen atoms in total. The van der Waals surface area contributed by atoms with Crippen LogP contribution in [0.15, 0.2) is 0 Å². The van der Waals surface area contributed by atoms with Crippen LogP contribution in [0.3, 0.4) is 0 Å². The van der Waals surface area contributed by atoms with Crippen LogP contribution in [0.4, 0.5) is 0 Å². The largest absolute Gasteiger partial charge is 0.299 e. The van der Waals surface area contributed by atoms with Crippen molar-refractivity contribution >= 4 is 15.6 Å². The SMILES string of the molecule is CS(=O)(=O)CCC(=O)C1CCCCC1. The Balaban J connectivity index is 2.34. The second-order valence-electron chi connectivity index (χ2n) is 4.18. The maximum atomic E-state index is 11.6. The molecule has 1 aliphatic carbocycles. The molecule has 1 aliphatic rings. The first-order valence-corrected chi connectivity index (χ1v) is 7.25. The molecule has 0 bridgehead atoms. The molecule has 0 saturated heterocycles. The molecular formula is C10H18O3S. The van der Waals surface area contributed by atoms with E-state index >= 15 is 0 Å². The number of sulfone groups is 1. The van der Waals surface area contributed by atoms with Crippen LogP contribution in [0.1, 0.15) is 38.5 Å². The molecule has 0 heterocycles. The van der Waals surface area contributed by atoms with E-state index in [9.17, 15) is 13.2 Å². The number of hydrogen-bond acceptors (Lipinski definition) is 3. The minimum atomic E-state index is -2.98. The molecule has 14 heavy (non-hydrogen) atoms. The molecule has 0 aromatic heterocycles. The van der Waals surface area contributed by atoms with Gasteiger partial charge in [-0.05, 0) is 12.8 Å². The van der Waals surface area contributed by atoms with Crippen molar-refractivity contribution in [2.45, 2.75) is 38.5 Å². The third kappa shape index (κ3) is 4.22. The van der Waals surface area contributed by atoms with E-state index in [-0.39, 0.29) is 23.9 Å². The van der Waals surface area contributed by atoms with Crippen LogP contribution < -0.4 is 0 Å². The van der Waals surface area contributed by atoms with Gasteiger partial charge in [0.2, 0.25) is 0 Å². The zero-order chi connectivity index (χ0) is 10.6. The van der Waals surface area contributed by atoms with E-state index < -0.39 is 9.84 Å². The van der Waals surface area contributed by atoms with Gasteiger partial charge in [-0.1, -0.05) is 19.3 Å². The molecule has 4 heteroatoms. The van der Waals surface area contributed by atoms with E-state index in [4.69, 9.17) is 0 Å². The number of Topliss-reactive ketones (excluding diaryl/α,β-unsaturated/α-hetero) is 1. The zero-order valence-electron chi connectivity index (χ0n) is 8.66. The minimum Gasteiger partial charge on any atom is -0.299 e. The third-order valence-electron chi connectivity index (χ3n) is 2.78. The highest BCUT2D eigenvalue weighted by molar-refractivity contribution is 7.90. The van der Waals surface area contributed by atoms with E-state index in [2.05, 4.69) is 0 Å². The van der Waals surface area contributed by atoms with Crippen LogP contribution in [0.5, 0.6) is 0 Å². The smallest absolute Gasteiger partial charge is 0.147 e. The molecule has 1 fully saturated rings. The molecule has 0 atom stereocenters. The maximum absolute atomic E-state index is 11.6. The fourth-order valence-corrected chi connectivity index (χ4v) is 2.49. The summed E-state index contributed by atoms with van der Waals surface area (Å²) in [6.45, 7) is 0. The third-order valence-corrected chi connectivity index (χ3v) is 3.73. The first-order valence-electron chi connectivity index (χ1n) is 5.19. The Bertz CT molecular complexity index is 286. The standard InChI is InChI=1S/C10H18O3S/c1-14(12,13)8-7-10(11)9-5-3-2-4-6-9/h9H,2-8H2,1H3. The number of hydrogen-bond donors (Lipinski definition) is 0. The van der Waals surface area contributed by atoms with E-state index in [1.807, 2.05) is 0 Å². The minimum absolute atomic E-state index is 0.0162. The zero-order valence-corrected chi connectivity index (χ0v) is 9.48. The van der Waals surface area contributed by atoms with Crippen molar-refractivity contribution in [2.75, 3.05) is 12.0 Å². The quantitative estimate of drug-likeness (QED) is 0.719. The second-order valence-corrected chi connectivity index (χ2v) is 6.44. The summed E-state index contributed by atoms with van der Waals surface area (Å²) in [5.74, 6) is 0.308. The molecule has 0 spiro atoms. The van der Waals surface area contributed by atoms with Gasteiger partial charge in [-0.15, -0.1) is 0 Å². The van der Waals surface area contributed by atoms with Gasteiger partial charge in [0.15, 0.2) is 0 Å². The van der Waals surface area contributed by atoms with Gasteiger partial charge in [0.1, 0.15) is 15.6 Å². The van der Waals surface area contributed by atoms with Crippen LogP contribution in [0.2, 0.25) is 0 Å². The Kier molecular flexibility index (Phi) is 4.11. The fraction of sp³-hybridized carbons (Fsp3) is 0.900. The highest BCUT2D eigenvalue weighted by atomic mass is 32.2. The summed E-state index contributed by atoms with van der Waals surface area (Å²) < 4.78 is 21.7. The van der Waals surface area contributed by atoms with E-state index in [0.29, 0.717) is 0 Å². The van der Waals surface area contributed by atoms with Gasteiger partial charge < -0.3 is 0 Å². The lowest BCUT2D eigenvalue weighted by Gasteiger charge is -2.19. The van der Waals surface area contributed by atoms with Crippen LogP contribution in [0.25, 0.3) is 0 Å². The molecule has 0 radical (unpaired) electrons. The number of carbonyl (C=O) groups excluding carboxylic acids is 1.